The molecule has 1 aliphatic heterocycles. The number of ketones is 1. The van der Waals surface area contributed by atoms with Gasteiger partial charge in [0.1, 0.15) is 0 Å². The van der Waals surface area contributed by atoms with Gasteiger partial charge in [-0.3, -0.25) is 4.79 Å². The number of carbonyl (C=O) groups is 1. The summed E-state index contributed by atoms with van der Waals surface area (Å²) in [6.07, 6.45) is 3.25. The van der Waals surface area contributed by atoms with Crippen LogP contribution in [0.2, 0.25) is 0 Å². The first-order valence-electron chi connectivity index (χ1n) is 5.43. The van der Waals surface area contributed by atoms with Crippen molar-refractivity contribution in [1.82, 2.24) is 0 Å². The third kappa shape index (κ3) is 2.13. The van der Waals surface area contributed by atoms with Crippen molar-refractivity contribution in [2.45, 2.75) is 37.9 Å². The number of aryl methyl sites for hydroxylation is 1. The van der Waals surface area contributed by atoms with Gasteiger partial charge in [-0.25, -0.2) is 0 Å². The van der Waals surface area contributed by atoms with E-state index in [0.29, 0.717) is 5.78 Å². The number of thiophene rings is 1. The van der Waals surface area contributed by atoms with Crippen LogP contribution in [0.3, 0.4) is 0 Å². The predicted molar refractivity (Wildman–Crippen MR) is 68.1 cm³/mol. The molecule has 1 saturated heterocycles. The minimum Gasteiger partial charge on any atom is -0.292 e. The average molecular weight is 240 g/mol. The molecule has 0 aromatic carbocycles. The molecular weight excluding hydrogens is 224 g/mol. The zero-order chi connectivity index (χ0) is 10.9. The van der Waals surface area contributed by atoms with Gasteiger partial charge < -0.3 is 0 Å². The van der Waals surface area contributed by atoms with E-state index < -0.39 is 0 Å². The Hall–Kier alpha value is -0.280. The van der Waals surface area contributed by atoms with E-state index >= 15 is 0 Å². The maximum absolute atomic E-state index is 12.3. The van der Waals surface area contributed by atoms with Crippen LogP contribution in [0.1, 0.15) is 41.2 Å². The van der Waals surface area contributed by atoms with E-state index in [1.54, 1.807) is 11.3 Å². The highest BCUT2D eigenvalue weighted by molar-refractivity contribution is 8.01. The molecular formula is C12H16OS2. The summed E-state index contributed by atoms with van der Waals surface area (Å²) in [6.45, 7) is 4.23. The molecule has 2 heterocycles. The van der Waals surface area contributed by atoms with E-state index in [1.807, 2.05) is 17.8 Å². The van der Waals surface area contributed by atoms with E-state index in [-0.39, 0.29) is 4.75 Å². The van der Waals surface area contributed by atoms with Crippen molar-refractivity contribution in [1.29, 1.82) is 0 Å². The van der Waals surface area contributed by atoms with Crippen LogP contribution in [-0.2, 0) is 6.42 Å². The monoisotopic (exact) mass is 240 g/mol. The van der Waals surface area contributed by atoms with Crippen molar-refractivity contribution < 1.29 is 4.79 Å². The summed E-state index contributed by atoms with van der Waals surface area (Å²) in [5, 5.41) is 0. The molecule has 0 saturated carbocycles. The Labute approximate surface area is 99.3 Å². The first-order valence-corrected chi connectivity index (χ1v) is 7.23. The van der Waals surface area contributed by atoms with Gasteiger partial charge in [0, 0.05) is 4.88 Å². The number of thioether (sulfide) groups is 1. The molecule has 15 heavy (non-hydrogen) atoms. The quantitative estimate of drug-likeness (QED) is 0.748. The average Bonchev–Trinajstić information content (AvgIpc) is 2.85. The smallest absolute Gasteiger partial charge is 0.188 e. The van der Waals surface area contributed by atoms with Crippen molar-refractivity contribution in [3.8, 4) is 0 Å². The number of hydrogen-bond acceptors (Lipinski definition) is 3. The summed E-state index contributed by atoms with van der Waals surface area (Å²) in [7, 11) is 0. The van der Waals surface area contributed by atoms with Gasteiger partial charge in [-0.15, -0.1) is 23.1 Å². The van der Waals surface area contributed by atoms with Crippen molar-refractivity contribution in [2.75, 3.05) is 5.75 Å². The third-order valence-corrected chi connectivity index (χ3v) is 5.68. The van der Waals surface area contributed by atoms with E-state index in [1.165, 1.54) is 11.3 Å². The number of hydrogen-bond donors (Lipinski definition) is 0. The molecule has 0 spiro atoms. The fourth-order valence-corrected chi connectivity index (χ4v) is 4.26. The lowest BCUT2D eigenvalue weighted by Crippen LogP contribution is -2.27. The number of carbonyl (C=O) groups excluding carboxylic acids is 1. The standard InChI is InChI=1S/C12H16OS2/c1-3-9-5-6-10(15-9)11(13)12(2)7-4-8-14-12/h5-6H,3-4,7-8H2,1-2H3. The Balaban J connectivity index is 2.19. The molecule has 1 aromatic rings. The summed E-state index contributed by atoms with van der Waals surface area (Å²) >= 11 is 3.49. The van der Waals surface area contributed by atoms with E-state index in [9.17, 15) is 4.79 Å². The molecule has 1 fully saturated rings. The Morgan fingerprint density at radius 3 is 2.87 bits per heavy atom. The van der Waals surface area contributed by atoms with Crippen LogP contribution in [0, 0.1) is 0 Å². The van der Waals surface area contributed by atoms with Gasteiger partial charge in [-0.2, -0.15) is 0 Å². The highest BCUT2D eigenvalue weighted by Crippen LogP contribution is 2.41. The van der Waals surface area contributed by atoms with Crippen LogP contribution in [0.25, 0.3) is 0 Å². The molecule has 0 aliphatic carbocycles. The van der Waals surface area contributed by atoms with E-state index in [0.717, 1.165) is 23.5 Å². The van der Waals surface area contributed by atoms with Crippen molar-refractivity contribution in [3.63, 3.8) is 0 Å². The van der Waals surface area contributed by atoms with Crippen molar-refractivity contribution in [2.24, 2.45) is 0 Å². The van der Waals surface area contributed by atoms with Gasteiger partial charge in [0.15, 0.2) is 5.78 Å². The van der Waals surface area contributed by atoms with Crippen LogP contribution < -0.4 is 0 Å². The molecule has 0 amide bonds. The highest BCUT2D eigenvalue weighted by atomic mass is 32.2. The molecule has 0 radical (unpaired) electrons. The second-order valence-corrected chi connectivity index (χ2v) is 6.90. The lowest BCUT2D eigenvalue weighted by Gasteiger charge is -2.19. The van der Waals surface area contributed by atoms with Crippen LogP contribution >= 0.6 is 23.1 Å². The van der Waals surface area contributed by atoms with Crippen molar-refractivity contribution in [3.05, 3.63) is 21.9 Å². The Morgan fingerprint density at radius 1 is 1.53 bits per heavy atom. The first kappa shape index (κ1) is 11.2. The van der Waals surface area contributed by atoms with Gasteiger partial charge in [0.2, 0.25) is 0 Å². The molecule has 1 aromatic heterocycles. The summed E-state index contributed by atoms with van der Waals surface area (Å²) < 4.78 is -0.143. The zero-order valence-corrected chi connectivity index (χ0v) is 10.8. The van der Waals surface area contributed by atoms with Gasteiger partial charge in [-0.05, 0) is 44.1 Å². The van der Waals surface area contributed by atoms with E-state index in [2.05, 4.69) is 19.9 Å². The summed E-state index contributed by atoms with van der Waals surface area (Å²) in [5.74, 6) is 1.48. The van der Waals surface area contributed by atoms with Gasteiger partial charge in [0.05, 0.1) is 9.62 Å². The topological polar surface area (TPSA) is 17.1 Å². The maximum atomic E-state index is 12.3. The zero-order valence-electron chi connectivity index (χ0n) is 9.21. The molecule has 3 heteroatoms. The minimum absolute atomic E-state index is 0.143. The first-order chi connectivity index (χ1) is 7.15. The summed E-state index contributed by atoms with van der Waals surface area (Å²) in [4.78, 5) is 14.5. The van der Waals surface area contributed by atoms with Crippen LogP contribution in [0.5, 0.6) is 0 Å². The Morgan fingerprint density at radius 2 is 2.33 bits per heavy atom. The fraction of sp³-hybridized carbons (Fsp3) is 0.583. The molecule has 1 aliphatic rings. The molecule has 2 rings (SSSR count). The SMILES string of the molecule is CCc1ccc(C(=O)C2(C)CCCS2)s1. The van der Waals surface area contributed by atoms with Gasteiger partial charge >= 0.3 is 0 Å². The van der Waals surface area contributed by atoms with Crippen LogP contribution in [-0.4, -0.2) is 16.3 Å². The summed E-state index contributed by atoms with van der Waals surface area (Å²) in [6, 6.07) is 4.08. The fourth-order valence-electron chi connectivity index (χ4n) is 1.91. The second kappa shape index (κ2) is 4.30. The molecule has 0 bridgehead atoms. The van der Waals surface area contributed by atoms with Crippen LogP contribution in [0.15, 0.2) is 12.1 Å². The van der Waals surface area contributed by atoms with Gasteiger partial charge in [-0.1, -0.05) is 6.92 Å². The Kier molecular flexibility index (Phi) is 3.21. The predicted octanol–water partition coefficient (Wildman–Crippen LogP) is 3.78. The van der Waals surface area contributed by atoms with Gasteiger partial charge in [0.25, 0.3) is 0 Å². The third-order valence-electron chi connectivity index (χ3n) is 2.93. The number of rotatable bonds is 3. The lowest BCUT2D eigenvalue weighted by atomic mass is 9.99. The largest absolute Gasteiger partial charge is 0.292 e. The van der Waals surface area contributed by atoms with Crippen molar-refractivity contribution >= 4 is 28.9 Å². The minimum atomic E-state index is -0.143. The van der Waals surface area contributed by atoms with Crippen LogP contribution in [0.4, 0.5) is 0 Å². The second-order valence-electron chi connectivity index (χ2n) is 4.13. The summed E-state index contributed by atoms with van der Waals surface area (Å²) in [5.41, 5.74) is 0. The van der Waals surface area contributed by atoms with E-state index in [4.69, 9.17) is 0 Å². The maximum Gasteiger partial charge on any atom is 0.188 e. The number of Topliss-reactive ketones (excluding diaryl/α,β-unsaturated/α-hetero) is 1. The molecule has 1 unspecified atom stereocenters. The highest BCUT2D eigenvalue weighted by Gasteiger charge is 2.38. The normalized spacial score (nSPS) is 25.7. The molecule has 0 N–H and O–H groups in total. The lowest BCUT2D eigenvalue weighted by molar-refractivity contribution is 0.0953. The Bertz CT molecular complexity index is 361. The molecule has 82 valence electrons. The molecule has 1 nitrogen and oxygen atoms in total. The molecule has 1 atom stereocenters.